The van der Waals surface area contributed by atoms with Gasteiger partial charge in [-0.05, 0) is 108 Å². The predicted octanol–water partition coefficient (Wildman–Crippen LogP) is 13.3. The van der Waals surface area contributed by atoms with Gasteiger partial charge in [-0.1, -0.05) is 121 Å². The second-order valence-electron chi connectivity index (χ2n) is 26.3. The van der Waals surface area contributed by atoms with Crippen molar-refractivity contribution in [1.82, 2.24) is 0 Å². The Bertz CT molecular complexity index is 2670. The molecule has 3 aliphatic rings. The van der Waals surface area contributed by atoms with E-state index in [0.717, 1.165) is 22.3 Å². The number of ether oxygens (including phenoxy) is 10. The van der Waals surface area contributed by atoms with Gasteiger partial charge in [0.05, 0.1) is 49.7 Å². The van der Waals surface area contributed by atoms with Crippen LogP contribution in [-0.4, -0.2) is 155 Å². The molecular weight excluding hydrogens is 1240 g/mol. The molecule has 3 saturated heterocycles. The number of carbonyl (C=O) groups excluding carboxylic acids is 2. The highest BCUT2D eigenvalue weighted by atomic mass is 35.5. The van der Waals surface area contributed by atoms with E-state index in [9.17, 15) is 9.59 Å². The molecule has 16 nitrogen and oxygen atoms in total. The van der Waals surface area contributed by atoms with Gasteiger partial charge in [0.2, 0.25) is 5.79 Å². The molecule has 23 heteroatoms. The molecule has 3 fully saturated rings. The van der Waals surface area contributed by atoms with Crippen molar-refractivity contribution in [2.75, 3.05) is 31.6 Å². The third kappa shape index (κ3) is 22.7. The highest BCUT2D eigenvalue weighted by Crippen LogP contribution is 2.44. The summed E-state index contributed by atoms with van der Waals surface area (Å²) < 4.78 is 93.4. The minimum Gasteiger partial charge on any atom is -0.463 e. The van der Waals surface area contributed by atoms with Crippen molar-refractivity contribution in [2.45, 2.75) is 209 Å². The summed E-state index contributed by atoms with van der Waals surface area (Å²) in [5.41, 5.74) is 3.67. The Kier molecular flexibility index (Phi) is 27.2. The fourth-order valence-electron chi connectivity index (χ4n) is 10.4. The lowest BCUT2D eigenvalue weighted by molar-refractivity contribution is -0.353. The third-order valence-electron chi connectivity index (χ3n) is 14.2. The third-order valence-corrected chi connectivity index (χ3v) is 19.3. The molecule has 0 spiro atoms. The summed E-state index contributed by atoms with van der Waals surface area (Å²) in [4.78, 5) is 27.5. The Morgan fingerprint density at radius 1 is 0.575 bits per heavy atom. The van der Waals surface area contributed by atoms with Gasteiger partial charge in [-0.15, -0.1) is 34.8 Å². The lowest BCUT2D eigenvalue weighted by Gasteiger charge is -2.50. The number of hydrogen-bond acceptors (Lipinski definition) is 16. The average Bonchev–Trinajstić information content (AvgIpc) is 1.72. The first-order valence-corrected chi connectivity index (χ1v) is 45.4. The fraction of sp³-hybridized carbons (Fsp3) is 0.594. The summed E-state index contributed by atoms with van der Waals surface area (Å²) in [6.45, 7) is 25.4. The summed E-state index contributed by atoms with van der Waals surface area (Å²) >= 11 is 21.0. The minimum absolute atomic E-state index is 0.00631. The number of esters is 2. The van der Waals surface area contributed by atoms with Crippen molar-refractivity contribution in [3.63, 3.8) is 0 Å². The predicted molar refractivity (Wildman–Crippen MR) is 347 cm³/mol. The van der Waals surface area contributed by atoms with E-state index >= 15 is 0 Å². The second-order valence-corrected chi connectivity index (χ2v) is 45.2. The van der Waals surface area contributed by atoms with E-state index in [4.69, 9.17) is 99.9 Å². The number of hydrogen-bond donors (Lipinski definition) is 0. The van der Waals surface area contributed by atoms with Gasteiger partial charge in [-0.25, -0.2) is 0 Å². The highest BCUT2D eigenvalue weighted by Gasteiger charge is 2.62. The standard InChI is InChI=1S/C64H93Cl3O16Si4/c1-84(2,3)80-58-49(37-65)78-64(44-66,61(58)83-87(10,11)12)79-63-60(82-86(7,8)9)59(81-85(4,5)6)55(67)50(76-63)41-71-53(68)35-25-26-36-54(69)72-42-51(70-38-45-27-17-13-18-28-45)56(73-39-46-29-19-14-20-30-46)57(74-40-47-31-21-15-22-32-47)52-43-75-62(77-52)48-33-23-16-24-34-48/h13-24,27-34,49-52,55-63H,25-26,35-44H2,1-12H3/t49-,50+,51+,52?,55-,56+,57+,58?,59-,60+,61?,62?,63+,64-/m0/s1. The maximum absolute atomic E-state index is 13.8. The summed E-state index contributed by atoms with van der Waals surface area (Å²) in [6.07, 6.45) is -8.65. The van der Waals surface area contributed by atoms with Gasteiger partial charge in [0.25, 0.3) is 0 Å². The lowest BCUT2D eigenvalue weighted by atomic mass is 10.0. The van der Waals surface area contributed by atoms with Crippen molar-refractivity contribution in [3.8, 4) is 0 Å². The first-order valence-electron chi connectivity index (χ1n) is 30.3. The first-order chi connectivity index (χ1) is 41.2. The van der Waals surface area contributed by atoms with Crippen LogP contribution in [0.25, 0.3) is 0 Å². The smallest absolute Gasteiger partial charge is 0.305 e. The summed E-state index contributed by atoms with van der Waals surface area (Å²) in [5, 5.41) is -0.829. The first kappa shape index (κ1) is 71.5. The van der Waals surface area contributed by atoms with Crippen LogP contribution >= 0.6 is 34.8 Å². The Morgan fingerprint density at radius 2 is 1.06 bits per heavy atom. The Balaban J connectivity index is 1.04. The molecule has 482 valence electrons. The fourth-order valence-corrected chi connectivity index (χ4v) is 15.7. The molecule has 4 aromatic rings. The monoisotopic (exact) mass is 1330 g/mol. The van der Waals surface area contributed by atoms with Crippen LogP contribution in [0.1, 0.15) is 54.2 Å². The summed E-state index contributed by atoms with van der Waals surface area (Å²) in [7, 11) is -9.27. The van der Waals surface area contributed by atoms with E-state index in [2.05, 4.69) is 78.6 Å². The normalized spacial score (nSPS) is 26.5. The number of alkyl halides is 3. The number of benzene rings is 4. The maximum Gasteiger partial charge on any atom is 0.305 e. The zero-order valence-electron chi connectivity index (χ0n) is 52.7. The van der Waals surface area contributed by atoms with Crippen LogP contribution in [0.15, 0.2) is 121 Å². The molecule has 3 heterocycles. The number of rotatable bonds is 34. The van der Waals surface area contributed by atoms with E-state index in [1.165, 1.54) is 0 Å². The topological polar surface area (TPSA) is 163 Å². The summed E-state index contributed by atoms with van der Waals surface area (Å²) in [5.74, 6) is -2.64. The van der Waals surface area contributed by atoms with Gasteiger partial charge in [0.15, 0.2) is 45.8 Å². The van der Waals surface area contributed by atoms with Gasteiger partial charge in [0, 0.05) is 18.4 Å². The molecule has 4 aromatic carbocycles. The molecular formula is C64H93Cl3O16Si4. The zero-order valence-corrected chi connectivity index (χ0v) is 59.0. The summed E-state index contributed by atoms with van der Waals surface area (Å²) in [6, 6.07) is 39.2. The maximum atomic E-state index is 13.8. The molecule has 0 N–H and O–H groups in total. The van der Waals surface area contributed by atoms with Crippen LogP contribution in [0.2, 0.25) is 78.6 Å². The Hall–Kier alpha value is -2.92. The minimum atomic E-state index is -2.38. The van der Waals surface area contributed by atoms with Crippen LogP contribution in [0.5, 0.6) is 0 Å². The number of carbonyl (C=O) groups is 2. The van der Waals surface area contributed by atoms with Gasteiger partial charge < -0.3 is 65.1 Å². The van der Waals surface area contributed by atoms with Crippen molar-refractivity contribution in [1.29, 1.82) is 0 Å². The van der Waals surface area contributed by atoms with Crippen LogP contribution in [0, 0.1) is 0 Å². The van der Waals surface area contributed by atoms with E-state index in [0.29, 0.717) is 12.8 Å². The molecule has 14 atom stereocenters. The van der Waals surface area contributed by atoms with Gasteiger partial charge >= 0.3 is 11.9 Å². The van der Waals surface area contributed by atoms with Crippen molar-refractivity contribution >= 4 is 80.0 Å². The molecule has 0 bridgehead atoms. The largest absolute Gasteiger partial charge is 0.463 e. The molecule has 4 unspecified atom stereocenters. The second kappa shape index (κ2) is 33.1. The molecule has 0 saturated carbocycles. The average molecular weight is 1340 g/mol. The van der Waals surface area contributed by atoms with E-state index < -0.39 is 130 Å². The number of unbranched alkanes of at least 4 members (excludes halogenated alkanes) is 1. The Morgan fingerprint density at radius 3 is 1.57 bits per heavy atom. The van der Waals surface area contributed by atoms with Gasteiger partial charge in [0.1, 0.15) is 68.1 Å². The van der Waals surface area contributed by atoms with Crippen molar-refractivity contribution in [2.24, 2.45) is 0 Å². The molecule has 7 rings (SSSR count). The molecule has 0 aromatic heterocycles. The van der Waals surface area contributed by atoms with Crippen LogP contribution in [-0.2, 0) is 94.5 Å². The van der Waals surface area contributed by atoms with E-state index in [1.54, 1.807) is 0 Å². The SMILES string of the molecule is C[Si](C)(C)OC1C(O[Si](C)(C)C)[C@](CCl)(O[C@H]2O[C@H](COC(=O)CCCCC(=O)OC[C@@H](OCc3ccccc3)[C@@H](OCc3ccccc3)[C@H](OCc3ccccc3)C3COC(c4ccccc4)O3)[C@H](Cl)[C@H](O[Si](C)(C)C)[C@H]2O[Si](C)(C)C)O[C@H]1CCl. The highest BCUT2D eigenvalue weighted by molar-refractivity contribution is 6.71. The quantitative estimate of drug-likeness (QED) is 0.0188. The van der Waals surface area contributed by atoms with Crippen LogP contribution < -0.4 is 0 Å². The van der Waals surface area contributed by atoms with Crippen LogP contribution in [0.3, 0.4) is 0 Å². The van der Waals surface area contributed by atoms with Gasteiger partial charge in [-0.3, -0.25) is 9.59 Å². The van der Waals surface area contributed by atoms with Gasteiger partial charge in [-0.2, -0.15) is 0 Å². The molecule has 3 aliphatic heterocycles. The Labute approximate surface area is 535 Å². The molecule has 0 aliphatic carbocycles. The van der Waals surface area contributed by atoms with E-state index in [1.807, 2.05) is 121 Å². The van der Waals surface area contributed by atoms with Crippen LogP contribution in [0.4, 0.5) is 0 Å². The molecule has 0 amide bonds. The molecule has 0 radical (unpaired) electrons. The van der Waals surface area contributed by atoms with E-state index in [-0.39, 0.29) is 64.2 Å². The number of halogens is 3. The molecule has 87 heavy (non-hydrogen) atoms. The van der Waals surface area contributed by atoms with Crippen molar-refractivity contribution < 1.29 is 74.7 Å². The zero-order chi connectivity index (χ0) is 63.0. The lowest BCUT2D eigenvalue weighted by Crippen LogP contribution is -2.65. The van der Waals surface area contributed by atoms with Crippen molar-refractivity contribution in [3.05, 3.63) is 144 Å².